The molecular formula is C20H24N3O2+. The smallest absolute Gasteiger partial charge is 0.196 e. The van der Waals surface area contributed by atoms with E-state index >= 15 is 0 Å². The van der Waals surface area contributed by atoms with Gasteiger partial charge in [0.1, 0.15) is 0 Å². The van der Waals surface area contributed by atoms with E-state index in [2.05, 4.69) is 21.1 Å². The van der Waals surface area contributed by atoms with Crippen molar-refractivity contribution in [3.05, 3.63) is 58.1 Å². The molecule has 0 amide bonds. The summed E-state index contributed by atoms with van der Waals surface area (Å²) in [4.78, 5) is 26.0. The van der Waals surface area contributed by atoms with E-state index in [0.29, 0.717) is 22.5 Å². The predicted molar refractivity (Wildman–Crippen MR) is 99.8 cm³/mol. The van der Waals surface area contributed by atoms with Gasteiger partial charge in [0.25, 0.3) is 0 Å². The molecule has 3 rings (SSSR count). The average molecular weight is 338 g/mol. The van der Waals surface area contributed by atoms with Crippen LogP contribution in [-0.4, -0.2) is 43.7 Å². The summed E-state index contributed by atoms with van der Waals surface area (Å²) in [7, 11) is 6.40. The summed E-state index contributed by atoms with van der Waals surface area (Å²) in [5, 5.41) is 0. The van der Waals surface area contributed by atoms with Crippen molar-refractivity contribution in [3.63, 3.8) is 0 Å². The number of ketones is 2. The van der Waals surface area contributed by atoms with Crippen LogP contribution in [0.2, 0.25) is 0 Å². The molecule has 4 N–H and O–H groups in total. The molecule has 5 heteroatoms. The second-order valence-electron chi connectivity index (χ2n) is 7.61. The monoisotopic (exact) mass is 338 g/mol. The van der Waals surface area contributed by atoms with Crippen LogP contribution in [0, 0.1) is 0 Å². The number of carbonyl (C=O) groups is 2. The normalized spacial score (nSPS) is 13.6. The zero-order chi connectivity index (χ0) is 18.4. The molecule has 0 aromatic heterocycles. The molecule has 0 atom stereocenters. The van der Waals surface area contributed by atoms with Crippen LogP contribution in [0.15, 0.2) is 30.3 Å². The zero-order valence-corrected chi connectivity index (χ0v) is 14.9. The van der Waals surface area contributed by atoms with Crippen LogP contribution in [0.25, 0.3) is 0 Å². The van der Waals surface area contributed by atoms with Gasteiger partial charge in [-0.2, -0.15) is 0 Å². The van der Waals surface area contributed by atoms with Crippen molar-refractivity contribution in [2.75, 3.05) is 39.2 Å². The van der Waals surface area contributed by atoms with Gasteiger partial charge in [0.05, 0.1) is 38.8 Å². The van der Waals surface area contributed by atoms with Gasteiger partial charge in [-0.1, -0.05) is 18.2 Å². The molecule has 0 saturated heterocycles. The number of nitrogens with zero attached hydrogens (tertiary/aromatic N) is 1. The third kappa shape index (κ3) is 3.03. The maximum absolute atomic E-state index is 13.1. The first-order valence-corrected chi connectivity index (χ1v) is 8.40. The fraction of sp³-hybridized carbons (Fsp3) is 0.300. The molecule has 2 aromatic rings. The second-order valence-corrected chi connectivity index (χ2v) is 7.61. The molecule has 2 aromatic carbocycles. The minimum atomic E-state index is -0.220. The molecule has 5 nitrogen and oxygen atoms in total. The third-order valence-corrected chi connectivity index (χ3v) is 4.62. The number of rotatable bonds is 4. The Morgan fingerprint density at radius 2 is 1.44 bits per heavy atom. The van der Waals surface area contributed by atoms with E-state index in [1.54, 1.807) is 18.2 Å². The van der Waals surface area contributed by atoms with Gasteiger partial charge in [0.2, 0.25) is 0 Å². The van der Waals surface area contributed by atoms with Crippen molar-refractivity contribution < 1.29 is 14.1 Å². The number of quaternary nitrogens is 1. The van der Waals surface area contributed by atoms with Gasteiger partial charge in [-0.25, -0.2) is 0 Å². The number of nitrogen functional groups attached to an aromatic ring is 2. The van der Waals surface area contributed by atoms with E-state index in [-0.39, 0.29) is 22.7 Å². The van der Waals surface area contributed by atoms with Crippen molar-refractivity contribution >= 4 is 22.9 Å². The minimum Gasteiger partial charge on any atom is -0.398 e. The van der Waals surface area contributed by atoms with Crippen molar-refractivity contribution in [2.45, 2.75) is 12.8 Å². The van der Waals surface area contributed by atoms with Gasteiger partial charge in [-0.05, 0) is 24.1 Å². The van der Waals surface area contributed by atoms with E-state index in [1.807, 2.05) is 12.1 Å². The first-order chi connectivity index (χ1) is 11.7. The van der Waals surface area contributed by atoms with Crippen LogP contribution < -0.4 is 11.5 Å². The summed E-state index contributed by atoms with van der Waals surface area (Å²) >= 11 is 0. The topological polar surface area (TPSA) is 86.2 Å². The van der Waals surface area contributed by atoms with E-state index in [9.17, 15) is 9.59 Å². The van der Waals surface area contributed by atoms with Crippen LogP contribution in [0.5, 0.6) is 0 Å². The molecule has 1 aliphatic rings. The highest BCUT2D eigenvalue weighted by molar-refractivity contribution is 6.32. The van der Waals surface area contributed by atoms with Gasteiger partial charge in [-0.3, -0.25) is 9.59 Å². The van der Waals surface area contributed by atoms with Crippen molar-refractivity contribution in [1.29, 1.82) is 0 Å². The Balaban J connectivity index is 2.06. The zero-order valence-electron chi connectivity index (χ0n) is 14.9. The molecule has 0 bridgehead atoms. The molecule has 0 unspecified atom stereocenters. The number of hydrogen-bond donors (Lipinski definition) is 2. The van der Waals surface area contributed by atoms with Gasteiger partial charge >= 0.3 is 0 Å². The maximum atomic E-state index is 13.1. The van der Waals surface area contributed by atoms with E-state index in [4.69, 9.17) is 11.5 Å². The molecule has 0 spiro atoms. The van der Waals surface area contributed by atoms with Crippen LogP contribution in [-0.2, 0) is 6.42 Å². The lowest BCUT2D eigenvalue weighted by atomic mass is 9.79. The summed E-state index contributed by atoms with van der Waals surface area (Å²) in [6, 6.07) is 8.62. The molecule has 0 fully saturated rings. The molecule has 0 saturated carbocycles. The fourth-order valence-corrected chi connectivity index (χ4v) is 3.39. The largest absolute Gasteiger partial charge is 0.398 e. The molecule has 1 aliphatic carbocycles. The van der Waals surface area contributed by atoms with E-state index < -0.39 is 0 Å². The van der Waals surface area contributed by atoms with E-state index in [1.165, 1.54) is 0 Å². The number of carbonyl (C=O) groups excluding carboxylic acids is 2. The fourth-order valence-electron chi connectivity index (χ4n) is 3.39. The van der Waals surface area contributed by atoms with Crippen molar-refractivity contribution in [1.82, 2.24) is 0 Å². The van der Waals surface area contributed by atoms with Crippen LogP contribution in [0.3, 0.4) is 0 Å². The Morgan fingerprint density at radius 1 is 0.840 bits per heavy atom. The molecule has 0 radical (unpaired) electrons. The van der Waals surface area contributed by atoms with E-state index in [0.717, 1.165) is 29.4 Å². The Labute approximate surface area is 147 Å². The lowest BCUT2D eigenvalue weighted by Crippen LogP contribution is -2.35. The Bertz CT molecular complexity index is 879. The Hall–Kier alpha value is -2.66. The highest BCUT2D eigenvalue weighted by Gasteiger charge is 2.34. The highest BCUT2D eigenvalue weighted by Crippen LogP contribution is 2.35. The maximum Gasteiger partial charge on any atom is 0.196 e. The summed E-state index contributed by atoms with van der Waals surface area (Å²) < 4.78 is 0.855. The lowest BCUT2D eigenvalue weighted by Gasteiger charge is -2.25. The first kappa shape index (κ1) is 17.2. The van der Waals surface area contributed by atoms with Crippen molar-refractivity contribution in [2.24, 2.45) is 0 Å². The van der Waals surface area contributed by atoms with Crippen LogP contribution in [0.4, 0.5) is 11.4 Å². The molecule has 0 aliphatic heterocycles. The molecular weight excluding hydrogens is 314 g/mol. The minimum absolute atomic E-state index is 0.199. The van der Waals surface area contributed by atoms with Gasteiger partial charge < -0.3 is 16.0 Å². The van der Waals surface area contributed by atoms with Crippen molar-refractivity contribution in [3.8, 4) is 0 Å². The van der Waals surface area contributed by atoms with Crippen LogP contribution >= 0.6 is 0 Å². The third-order valence-electron chi connectivity index (χ3n) is 4.62. The number of nitrogens with two attached hydrogens (primary N) is 2. The summed E-state index contributed by atoms with van der Waals surface area (Å²) in [5.41, 5.74) is 14.8. The number of fused-ring (bicyclic) bond motifs is 2. The molecule has 0 heterocycles. The number of hydrogen-bond acceptors (Lipinski definition) is 4. The Kier molecular flexibility index (Phi) is 4.13. The average Bonchev–Trinajstić information content (AvgIpc) is 2.53. The predicted octanol–water partition coefficient (Wildman–Crippen LogP) is 2.27. The summed E-state index contributed by atoms with van der Waals surface area (Å²) in [5.74, 6) is -0.418. The summed E-state index contributed by atoms with van der Waals surface area (Å²) in [6.07, 6.45) is 1.68. The number of anilines is 2. The lowest BCUT2D eigenvalue weighted by molar-refractivity contribution is -0.870. The summed E-state index contributed by atoms with van der Waals surface area (Å²) in [6.45, 7) is 0.984. The Morgan fingerprint density at radius 3 is 2.04 bits per heavy atom. The van der Waals surface area contributed by atoms with Gasteiger partial charge in [0.15, 0.2) is 11.6 Å². The second kappa shape index (κ2) is 6.01. The highest BCUT2D eigenvalue weighted by atomic mass is 16.1. The van der Waals surface area contributed by atoms with Gasteiger partial charge in [-0.15, -0.1) is 0 Å². The first-order valence-electron chi connectivity index (χ1n) is 8.40. The van der Waals surface area contributed by atoms with Gasteiger partial charge in [0, 0.05) is 28.9 Å². The van der Waals surface area contributed by atoms with Crippen LogP contribution in [0.1, 0.15) is 43.8 Å². The SMILES string of the molecule is C[N+](C)(C)CCCc1cccc2c1C(=O)c1c(N)ccc(N)c1C2=O. The number of aryl methyl sites for hydroxylation is 1. The quantitative estimate of drug-likeness (QED) is 0.564. The molecule has 25 heavy (non-hydrogen) atoms. The standard InChI is InChI=1S/C20H23N3O2/c1-23(2,3)11-5-7-12-6-4-8-13-16(12)20(25)18-15(22)10-9-14(21)17(18)19(13)24/h4,6,8-10H,5,7,11H2,1-3H3,(H3-,21,22,24,25)/p+1. The molecule has 130 valence electrons. The number of benzene rings is 2.